The van der Waals surface area contributed by atoms with Crippen LogP contribution in [0.25, 0.3) is 0 Å². The van der Waals surface area contributed by atoms with Gasteiger partial charge in [-0.25, -0.2) is 8.78 Å². The van der Waals surface area contributed by atoms with Gasteiger partial charge in [0.1, 0.15) is 11.6 Å². The lowest BCUT2D eigenvalue weighted by Crippen LogP contribution is -2.23. The van der Waals surface area contributed by atoms with Crippen molar-refractivity contribution in [2.45, 2.75) is 6.10 Å². The van der Waals surface area contributed by atoms with E-state index >= 15 is 0 Å². The summed E-state index contributed by atoms with van der Waals surface area (Å²) < 4.78 is 25.4. The second-order valence-electron chi connectivity index (χ2n) is 2.84. The van der Waals surface area contributed by atoms with Gasteiger partial charge in [-0.1, -0.05) is 0 Å². The van der Waals surface area contributed by atoms with Crippen LogP contribution in [0, 0.1) is 11.6 Å². The van der Waals surface area contributed by atoms with E-state index in [1.807, 2.05) is 0 Å². The number of benzene rings is 1. The summed E-state index contributed by atoms with van der Waals surface area (Å²) >= 11 is 0. The van der Waals surface area contributed by atoms with Crippen molar-refractivity contribution in [3.8, 4) is 0 Å². The Morgan fingerprint density at radius 1 is 1.36 bits per heavy atom. The molecule has 3 nitrogen and oxygen atoms in total. The van der Waals surface area contributed by atoms with E-state index in [1.165, 1.54) is 6.07 Å². The number of hydrogen-bond donors (Lipinski definition) is 3. The van der Waals surface area contributed by atoms with Crippen molar-refractivity contribution in [1.82, 2.24) is 0 Å². The van der Waals surface area contributed by atoms with Crippen molar-refractivity contribution in [3.63, 3.8) is 0 Å². The van der Waals surface area contributed by atoms with E-state index in [0.717, 1.165) is 12.1 Å². The molecule has 78 valence electrons. The molecule has 0 heterocycles. The van der Waals surface area contributed by atoms with Gasteiger partial charge in [-0.05, 0) is 12.1 Å². The molecule has 14 heavy (non-hydrogen) atoms. The zero-order valence-corrected chi connectivity index (χ0v) is 7.37. The van der Waals surface area contributed by atoms with E-state index < -0.39 is 24.3 Å². The number of aliphatic hydroxyl groups is 2. The van der Waals surface area contributed by atoms with Crippen molar-refractivity contribution >= 4 is 5.69 Å². The van der Waals surface area contributed by atoms with Crippen LogP contribution in [0.1, 0.15) is 0 Å². The summed E-state index contributed by atoms with van der Waals surface area (Å²) in [4.78, 5) is 0. The van der Waals surface area contributed by atoms with Gasteiger partial charge in [0.15, 0.2) is 0 Å². The third-order valence-electron chi connectivity index (χ3n) is 1.67. The van der Waals surface area contributed by atoms with Gasteiger partial charge in [-0.2, -0.15) is 0 Å². The molecule has 1 aromatic carbocycles. The molecule has 5 heteroatoms. The highest BCUT2D eigenvalue weighted by Gasteiger charge is 2.05. The normalized spacial score (nSPS) is 12.6. The molecule has 0 aliphatic rings. The minimum absolute atomic E-state index is 0.0129. The van der Waals surface area contributed by atoms with Crippen molar-refractivity contribution in [2.24, 2.45) is 0 Å². The molecule has 0 bridgehead atoms. The maximum atomic E-state index is 13.0. The largest absolute Gasteiger partial charge is 0.394 e. The van der Waals surface area contributed by atoms with Crippen molar-refractivity contribution in [1.29, 1.82) is 0 Å². The lowest BCUT2D eigenvalue weighted by Gasteiger charge is -2.10. The lowest BCUT2D eigenvalue weighted by molar-refractivity contribution is 0.105. The maximum absolute atomic E-state index is 13.0. The fraction of sp³-hybridized carbons (Fsp3) is 0.333. The van der Waals surface area contributed by atoms with Crippen molar-refractivity contribution in [2.75, 3.05) is 18.5 Å². The Bertz CT molecular complexity index is 307. The van der Waals surface area contributed by atoms with Crippen LogP contribution in [0.2, 0.25) is 0 Å². The number of rotatable bonds is 4. The highest BCUT2D eigenvalue weighted by molar-refractivity contribution is 5.44. The molecule has 1 rings (SSSR count). The number of anilines is 1. The molecule has 0 radical (unpaired) electrons. The molecule has 0 amide bonds. The Morgan fingerprint density at radius 3 is 2.64 bits per heavy atom. The van der Waals surface area contributed by atoms with E-state index in [1.54, 1.807) is 0 Å². The van der Waals surface area contributed by atoms with E-state index in [9.17, 15) is 8.78 Å². The van der Waals surface area contributed by atoms with Gasteiger partial charge in [0.2, 0.25) is 0 Å². The summed E-state index contributed by atoms with van der Waals surface area (Å²) in [5.41, 5.74) is 0.0962. The molecule has 3 N–H and O–H groups in total. The number of hydrogen-bond acceptors (Lipinski definition) is 3. The molecular formula is C9H11F2NO2. The summed E-state index contributed by atoms with van der Waals surface area (Å²) in [7, 11) is 0. The second kappa shape index (κ2) is 4.88. The molecule has 0 aliphatic heterocycles. The van der Waals surface area contributed by atoms with Gasteiger partial charge in [-0.15, -0.1) is 0 Å². The third-order valence-corrected chi connectivity index (χ3v) is 1.67. The molecule has 0 spiro atoms. The fourth-order valence-electron chi connectivity index (χ4n) is 0.925. The standard InChI is InChI=1S/C9H11F2NO2/c10-6-1-2-9(8(11)3-6)12-4-7(14)5-13/h1-3,7,12-14H,4-5H2. The molecule has 0 aliphatic carbocycles. The zero-order valence-electron chi connectivity index (χ0n) is 7.37. The van der Waals surface area contributed by atoms with E-state index in [2.05, 4.69) is 5.32 Å². The van der Waals surface area contributed by atoms with Gasteiger partial charge in [0.25, 0.3) is 0 Å². The summed E-state index contributed by atoms with van der Waals surface area (Å²) in [6, 6.07) is 3.08. The van der Waals surface area contributed by atoms with Crippen LogP contribution in [-0.4, -0.2) is 29.5 Å². The van der Waals surface area contributed by atoms with E-state index in [4.69, 9.17) is 10.2 Å². The van der Waals surface area contributed by atoms with E-state index in [0.29, 0.717) is 0 Å². The first-order valence-corrected chi connectivity index (χ1v) is 4.11. The molecule has 1 atom stereocenters. The van der Waals surface area contributed by atoms with Gasteiger partial charge in [0, 0.05) is 12.6 Å². The molecule has 0 aromatic heterocycles. The zero-order chi connectivity index (χ0) is 10.6. The lowest BCUT2D eigenvalue weighted by atomic mass is 10.3. The van der Waals surface area contributed by atoms with E-state index in [-0.39, 0.29) is 12.2 Å². The van der Waals surface area contributed by atoms with Crippen LogP contribution in [-0.2, 0) is 0 Å². The number of nitrogens with one attached hydrogen (secondary N) is 1. The third kappa shape index (κ3) is 2.93. The monoisotopic (exact) mass is 203 g/mol. The highest BCUT2D eigenvalue weighted by Crippen LogP contribution is 2.14. The second-order valence-corrected chi connectivity index (χ2v) is 2.84. The Hall–Kier alpha value is -1.20. The minimum Gasteiger partial charge on any atom is -0.394 e. The van der Waals surface area contributed by atoms with Crippen LogP contribution >= 0.6 is 0 Å². The summed E-state index contributed by atoms with van der Waals surface area (Å²) in [5, 5.41) is 20.0. The number of halogens is 2. The summed E-state index contributed by atoms with van der Waals surface area (Å²) in [6.07, 6.45) is -0.959. The van der Waals surface area contributed by atoms with Crippen LogP contribution in [0.15, 0.2) is 18.2 Å². The van der Waals surface area contributed by atoms with Gasteiger partial charge < -0.3 is 15.5 Å². The van der Waals surface area contributed by atoms with Crippen LogP contribution < -0.4 is 5.32 Å². The van der Waals surface area contributed by atoms with Gasteiger partial charge in [-0.3, -0.25) is 0 Å². The first-order valence-electron chi connectivity index (χ1n) is 4.11. The SMILES string of the molecule is OCC(O)CNc1ccc(F)cc1F. The number of aliphatic hydroxyl groups excluding tert-OH is 2. The Morgan fingerprint density at radius 2 is 2.07 bits per heavy atom. The van der Waals surface area contributed by atoms with Crippen molar-refractivity contribution < 1.29 is 19.0 Å². The van der Waals surface area contributed by atoms with Crippen LogP contribution in [0.4, 0.5) is 14.5 Å². The summed E-state index contributed by atoms with van der Waals surface area (Å²) in [6.45, 7) is -0.394. The van der Waals surface area contributed by atoms with Crippen LogP contribution in [0.3, 0.4) is 0 Å². The van der Waals surface area contributed by atoms with Crippen molar-refractivity contribution in [3.05, 3.63) is 29.8 Å². The van der Waals surface area contributed by atoms with Gasteiger partial charge in [0.05, 0.1) is 18.4 Å². The molecule has 1 unspecified atom stereocenters. The maximum Gasteiger partial charge on any atom is 0.149 e. The van der Waals surface area contributed by atoms with Gasteiger partial charge >= 0.3 is 0 Å². The topological polar surface area (TPSA) is 52.5 Å². The molecule has 0 fully saturated rings. The Labute approximate surface area is 80.0 Å². The average Bonchev–Trinajstić information content (AvgIpc) is 2.16. The Kier molecular flexibility index (Phi) is 3.79. The molecular weight excluding hydrogens is 192 g/mol. The fourth-order valence-corrected chi connectivity index (χ4v) is 0.925. The average molecular weight is 203 g/mol. The Balaban J connectivity index is 2.59. The first-order chi connectivity index (χ1) is 6.63. The molecule has 1 aromatic rings. The first kappa shape index (κ1) is 10.9. The predicted octanol–water partition coefficient (Wildman–Crippen LogP) is 0.730. The highest BCUT2D eigenvalue weighted by atomic mass is 19.1. The van der Waals surface area contributed by atoms with Crippen LogP contribution in [0.5, 0.6) is 0 Å². The summed E-state index contributed by atoms with van der Waals surface area (Å²) in [5.74, 6) is -1.38. The smallest absolute Gasteiger partial charge is 0.149 e. The molecule has 0 saturated heterocycles. The quantitative estimate of drug-likeness (QED) is 0.676. The predicted molar refractivity (Wildman–Crippen MR) is 47.9 cm³/mol. The molecule has 0 saturated carbocycles. The minimum atomic E-state index is -0.959.